The van der Waals surface area contributed by atoms with E-state index in [1.807, 2.05) is 18.0 Å². The van der Waals surface area contributed by atoms with Crippen LogP contribution >= 0.6 is 0 Å². The molecule has 26 heavy (non-hydrogen) atoms. The van der Waals surface area contributed by atoms with Gasteiger partial charge in [-0.25, -0.2) is 4.98 Å². The van der Waals surface area contributed by atoms with Crippen molar-refractivity contribution in [3.05, 3.63) is 30.1 Å². The third-order valence-corrected chi connectivity index (χ3v) is 5.34. The number of likely N-dealkylation sites (N-methyl/N-ethyl adjacent to an activating group) is 1. The number of nitrogens with zero attached hydrogens (tertiary/aromatic N) is 4. The molecule has 1 fully saturated rings. The first kappa shape index (κ1) is 18.9. The van der Waals surface area contributed by atoms with Gasteiger partial charge >= 0.3 is 5.97 Å². The standard InChI is InChI=1S/C20H30N4O2/c1-3-11-24-18-9-5-4-8-17(18)21-19(24)14-23-12-6-7-16(10-13-23)22(2)15-20(25)26/h4-5,8-9,16H,3,6-7,10-15H2,1-2H3,(H,25,26). The number of hydrogen-bond acceptors (Lipinski definition) is 4. The highest BCUT2D eigenvalue weighted by Gasteiger charge is 2.23. The molecule has 6 nitrogen and oxygen atoms in total. The van der Waals surface area contributed by atoms with Crippen molar-refractivity contribution in [2.45, 2.75) is 51.7 Å². The highest BCUT2D eigenvalue weighted by molar-refractivity contribution is 5.75. The molecule has 0 amide bonds. The average Bonchev–Trinajstić information content (AvgIpc) is 2.78. The molecule has 0 radical (unpaired) electrons. The fourth-order valence-electron chi connectivity index (χ4n) is 4.00. The van der Waals surface area contributed by atoms with Crippen LogP contribution in [0.3, 0.4) is 0 Å². The lowest BCUT2D eigenvalue weighted by atomic mass is 10.1. The van der Waals surface area contributed by atoms with Crippen molar-refractivity contribution in [3.8, 4) is 0 Å². The topological polar surface area (TPSA) is 61.6 Å². The SMILES string of the molecule is CCCn1c(CN2CCCC(N(C)CC(=O)O)CC2)nc2ccccc21. The van der Waals surface area contributed by atoms with Gasteiger partial charge in [0.1, 0.15) is 5.82 Å². The number of aromatic nitrogens is 2. The number of imidazole rings is 1. The lowest BCUT2D eigenvalue weighted by Crippen LogP contribution is -2.36. The third kappa shape index (κ3) is 4.43. The Balaban J connectivity index is 1.69. The Labute approximate surface area is 155 Å². The van der Waals surface area contributed by atoms with E-state index in [4.69, 9.17) is 10.1 Å². The molecular formula is C20H30N4O2. The molecule has 0 saturated carbocycles. The van der Waals surface area contributed by atoms with Gasteiger partial charge < -0.3 is 9.67 Å². The van der Waals surface area contributed by atoms with E-state index >= 15 is 0 Å². The zero-order valence-corrected chi connectivity index (χ0v) is 15.9. The number of aryl methyl sites for hydroxylation is 1. The molecule has 1 unspecified atom stereocenters. The molecule has 1 atom stereocenters. The molecule has 142 valence electrons. The summed E-state index contributed by atoms with van der Waals surface area (Å²) in [5, 5.41) is 9.02. The fraction of sp³-hybridized carbons (Fsp3) is 0.600. The highest BCUT2D eigenvalue weighted by atomic mass is 16.4. The van der Waals surface area contributed by atoms with Crippen LogP contribution in [0.5, 0.6) is 0 Å². The summed E-state index contributed by atoms with van der Waals surface area (Å²) >= 11 is 0. The van der Waals surface area contributed by atoms with Crippen LogP contribution in [0.15, 0.2) is 24.3 Å². The van der Waals surface area contributed by atoms with Gasteiger partial charge in [-0.1, -0.05) is 19.1 Å². The van der Waals surface area contributed by atoms with Crippen LogP contribution in [0.4, 0.5) is 0 Å². The van der Waals surface area contributed by atoms with E-state index < -0.39 is 5.97 Å². The monoisotopic (exact) mass is 358 g/mol. The number of carboxylic acid groups (broad SMARTS) is 1. The van der Waals surface area contributed by atoms with Crippen LogP contribution in [0, 0.1) is 0 Å². The number of likely N-dealkylation sites (tertiary alicyclic amines) is 1. The summed E-state index contributed by atoms with van der Waals surface area (Å²) in [5.74, 6) is 0.396. The molecule has 2 heterocycles. The number of rotatable bonds is 7. The van der Waals surface area contributed by atoms with Gasteiger partial charge in [-0.3, -0.25) is 14.6 Å². The minimum atomic E-state index is -0.748. The molecule has 1 aliphatic rings. The van der Waals surface area contributed by atoms with Crippen molar-refractivity contribution in [3.63, 3.8) is 0 Å². The molecule has 3 rings (SSSR count). The first-order chi connectivity index (χ1) is 12.6. The molecule has 6 heteroatoms. The van der Waals surface area contributed by atoms with E-state index in [9.17, 15) is 4.79 Å². The molecule has 1 N–H and O–H groups in total. The quantitative estimate of drug-likeness (QED) is 0.825. The van der Waals surface area contributed by atoms with Crippen LogP contribution < -0.4 is 0 Å². The van der Waals surface area contributed by atoms with Crippen LogP contribution in [0.1, 0.15) is 38.4 Å². The smallest absolute Gasteiger partial charge is 0.317 e. The summed E-state index contributed by atoms with van der Waals surface area (Å²) in [6, 6.07) is 8.72. The number of hydrogen-bond donors (Lipinski definition) is 1. The molecule has 2 aromatic rings. The maximum atomic E-state index is 11.0. The van der Waals surface area contributed by atoms with Crippen molar-refractivity contribution in [1.82, 2.24) is 19.4 Å². The Hall–Kier alpha value is -1.92. The zero-order valence-electron chi connectivity index (χ0n) is 15.9. The van der Waals surface area contributed by atoms with Crippen molar-refractivity contribution >= 4 is 17.0 Å². The molecule has 1 aromatic heterocycles. The van der Waals surface area contributed by atoms with Crippen molar-refractivity contribution in [2.24, 2.45) is 0 Å². The average molecular weight is 358 g/mol. The van der Waals surface area contributed by atoms with E-state index in [1.54, 1.807) is 0 Å². The number of carboxylic acids is 1. The Morgan fingerprint density at radius 2 is 2.12 bits per heavy atom. The van der Waals surface area contributed by atoms with Gasteiger partial charge in [0.2, 0.25) is 0 Å². The molecule has 1 aromatic carbocycles. The summed E-state index contributed by atoms with van der Waals surface area (Å²) < 4.78 is 2.36. The van der Waals surface area contributed by atoms with E-state index in [2.05, 4.69) is 34.6 Å². The molecular weight excluding hydrogens is 328 g/mol. The van der Waals surface area contributed by atoms with E-state index in [0.717, 1.165) is 63.2 Å². The van der Waals surface area contributed by atoms with Gasteiger partial charge in [0.25, 0.3) is 0 Å². The Bertz CT molecular complexity index is 742. The molecule has 0 aliphatic carbocycles. The van der Waals surface area contributed by atoms with Crippen molar-refractivity contribution in [2.75, 3.05) is 26.7 Å². The largest absolute Gasteiger partial charge is 0.480 e. The normalized spacial score (nSPS) is 19.1. The van der Waals surface area contributed by atoms with Gasteiger partial charge in [0.05, 0.1) is 24.1 Å². The molecule has 0 bridgehead atoms. The van der Waals surface area contributed by atoms with Gasteiger partial charge in [-0.2, -0.15) is 0 Å². The summed E-state index contributed by atoms with van der Waals surface area (Å²) in [5.41, 5.74) is 2.29. The predicted molar refractivity (Wildman–Crippen MR) is 103 cm³/mol. The first-order valence-electron chi connectivity index (χ1n) is 9.67. The Kier molecular flexibility index (Phi) is 6.27. The second kappa shape index (κ2) is 8.64. The molecule has 1 aliphatic heterocycles. The Morgan fingerprint density at radius 1 is 1.31 bits per heavy atom. The van der Waals surface area contributed by atoms with E-state index in [1.165, 1.54) is 5.52 Å². The lowest BCUT2D eigenvalue weighted by Gasteiger charge is -2.25. The van der Waals surface area contributed by atoms with Gasteiger partial charge in [-0.05, 0) is 51.4 Å². The number of aliphatic carboxylic acids is 1. The maximum absolute atomic E-state index is 11.0. The van der Waals surface area contributed by atoms with E-state index in [0.29, 0.717) is 6.04 Å². The number of fused-ring (bicyclic) bond motifs is 1. The Morgan fingerprint density at radius 3 is 2.88 bits per heavy atom. The van der Waals surface area contributed by atoms with Crippen molar-refractivity contribution in [1.29, 1.82) is 0 Å². The predicted octanol–water partition coefficient (Wildman–Crippen LogP) is 2.82. The van der Waals surface area contributed by atoms with Gasteiger partial charge in [0.15, 0.2) is 0 Å². The number of para-hydroxylation sites is 2. The number of benzene rings is 1. The highest BCUT2D eigenvalue weighted by Crippen LogP contribution is 2.21. The minimum absolute atomic E-state index is 0.122. The van der Waals surface area contributed by atoms with Crippen LogP contribution in [0.2, 0.25) is 0 Å². The summed E-state index contributed by atoms with van der Waals surface area (Å²) in [7, 11) is 1.93. The first-order valence-corrected chi connectivity index (χ1v) is 9.67. The van der Waals surface area contributed by atoms with Gasteiger partial charge in [-0.15, -0.1) is 0 Å². The third-order valence-electron chi connectivity index (χ3n) is 5.34. The maximum Gasteiger partial charge on any atom is 0.317 e. The summed E-state index contributed by atoms with van der Waals surface area (Å²) in [6.45, 7) is 6.22. The minimum Gasteiger partial charge on any atom is -0.480 e. The fourth-order valence-corrected chi connectivity index (χ4v) is 4.00. The second-order valence-electron chi connectivity index (χ2n) is 7.34. The summed E-state index contributed by atoms with van der Waals surface area (Å²) in [6.07, 6.45) is 4.27. The zero-order chi connectivity index (χ0) is 18.5. The van der Waals surface area contributed by atoms with Crippen LogP contribution in [-0.2, 0) is 17.9 Å². The number of carbonyl (C=O) groups is 1. The van der Waals surface area contributed by atoms with Gasteiger partial charge in [0, 0.05) is 19.1 Å². The molecule has 1 saturated heterocycles. The second-order valence-corrected chi connectivity index (χ2v) is 7.34. The lowest BCUT2D eigenvalue weighted by molar-refractivity contribution is -0.138. The van der Waals surface area contributed by atoms with Crippen LogP contribution in [-0.4, -0.2) is 63.2 Å². The van der Waals surface area contributed by atoms with Crippen LogP contribution in [0.25, 0.3) is 11.0 Å². The van der Waals surface area contributed by atoms with Crippen molar-refractivity contribution < 1.29 is 9.90 Å². The summed E-state index contributed by atoms with van der Waals surface area (Å²) in [4.78, 5) is 20.3. The van der Waals surface area contributed by atoms with E-state index in [-0.39, 0.29) is 6.54 Å². The molecule has 0 spiro atoms.